The van der Waals surface area contributed by atoms with Gasteiger partial charge in [0.15, 0.2) is 0 Å². The predicted molar refractivity (Wildman–Crippen MR) is 41.7 cm³/mol. The van der Waals surface area contributed by atoms with E-state index in [1.807, 2.05) is 0 Å². The Hall–Kier alpha value is -1.16. The molecule has 0 unspecified atom stereocenters. The number of alkyl halides is 2. The minimum absolute atomic E-state index is 0.117. The number of hydrogen-bond acceptors (Lipinski definition) is 2. The number of benzene rings is 1. The van der Waals surface area contributed by atoms with Gasteiger partial charge in [0, 0.05) is 16.8 Å². The van der Waals surface area contributed by atoms with E-state index in [2.05, 4.69) is 0 Å². The van der Waals surface area contributed by atoms with Crippen molar-refractivity contribution in [3.05, 3.63) is 29.3 Å². The molecule has 4 heteroatoms. The van der Waals surface area contributed by atoms with Crippen molar-refractivity contribution in [2.45, 2.75) is 13.0 Å². The third kappa shape index (κ3) is 1.71. The third-order valence-corrected chi connectivity index (χ3v) is 1.59. The summed E-state index contributed by atoms with van der Waals surface area (Å²) >= 11 is 0. The fourth-order valence-electron chi connectivity index (χ4n) is 0.898. The van der Waals surface area contributed by atoms with Gasteiger partial charge in [-0.05, 0) is 12.1 Å². The van der Waals surface area contributed by atoms with Crippen LogP contribution in [0.5, 0.6) is 0 Å². The van der Waals surface area contributed by atoms with E-state index in [9.17, 15) is 8.78 Å². The molecule has 12 heavy (non-hydrogen) atoms. The zero-order valence-electron chi connectivity index (χ0n) is 6.30. The SMILES string of the molecule is Nc1ccc(C(F)F)cc1CO. The number of nitrogens with two attached hydrogens (primary N) is 1. The fourth-order valence-corrected chi connectivity index (χ4v) is 0.898. The maximum Gasteiger partial charge on any atom is 0.263 e. The van der Waals surface area contributed by atoms with Crippen molar-refractivity contribution in [2.75, 3.05) is 5.73 Å². The van der Waals surface area contributed by atoms with Crippen molar-refractivity contribution >= 4 is 5.69 Å². The molecule has 0 amide bonds. The van der Waals surface area contributed by atoms with Gasteiger partial charge in [-0.3, -0.25) is 0 Å². The fraction of sp³-hybridized carbons (Fsp3) is 0.250. The average molecular weight is 173 g/mol. The zero-order valence-corrected chi connectivity index (χ0v) is 6.30. The number of rotatable bonds is 2. The van der Waals surface area contributed by atoms with E-state index >= 15 is 0 Å². The first-order valence-corrected chi connectivity index (χ1v) is 3.42. The van der Waals surface area contributed by atoms with Gasteiger partial charge in [0.25, 0.3) is 6.43 Å². The summed E-state index contributed by atoms with van der Waals surface area (Å²) in [4.78, 5) is 0. The molecule has 0 saturated carbocycles. The van der Waals surface area contributed by atoms with Crippen LogP contribution in [0.3, 0.4) is 0 Å². The topological polar surface area (TPSA) is 46.2 Å². The maximum absolute atomic E-state index is 12.1. The Morgan fingerprint density at radius 2 is 2.08 bits per heavy atom. The first-order chi connectivity index (χ1) is 5.65. The third-order valence-electron chi connectivity index (χ3n) is 1.59. The summed E-state index contributed by atoms with van der Waals surface area (Å²) in [6, 6.07) is 3.83. The van der Waals surface area contributed by atoms with Crippen LogP contribution in [0, 0.1) is 0 Å². The van der Waals surface area contributed by atoms with Gasteiger partial charge in [0.05, 0.1) is 6.61 Å². The van der Waals surface area contributed by atoms with Gasteiger partial charge < -0.3 is 10.8 Å². The van der Waals surface area contributed by atoms with E-state index in [0.29, 0.717) is 11.3 Å². The second kappa shape index (κ2) is 3.49. The lowest BCUT2D eigenvalue weighted by molar-refractivity contribution is 0.151. The molecule has 0 atom stereocenters. The molecule has 1 aromatic rings. The molecule has 0 aliphatic carbocycles. The highest BCUT2D eigenvalue weighted by atomic mass is 19.3. The Bertz CT molecular complexity index is 276. The van der Waals surface area contributed by atoms with Crippen molar-refractivity contribution < 1.29 is 13.9 Å². The van der Waals surface area contributed by atoms with E-state index in [4.69, 9.17) is 10.8 Å². The maximum atomic E-state index is 12.1. The van der Waals surface area contributed by atoms with Crippen molar-refractivity contribution in [3.63, 3.8) is 0 Å². The molecule has 66 valence electrons. The molecule has 2 nitrogen and oxygen atoms in total. The molecule has 0 aliphatic rings. The van der Waals surface area contributed by atoms with Crippen LogP contribution in [-0.2, 0) is 6.61 Å². The van der Waals surface area contributed by atoms with Gasteiger partial charge in [-0.25, -0.2) is 8.78 Å². The number of aliphatic hydroxyl groups excluding tert-OH is 1. The van der Waals surface area contributed by atoms with Gasteiger partial charge in [-0.2, -0.15) is 0 Å². The molecule has 1 aromatic carbocycles. The lowest BCUT2D eigenvalue weighted by Crippen LogP contribution is -1.96. The van der Waals surface area contributed by atoms with E-state index in [0.717, 1.165) is 0 Å². The van der Waals surface area contributed by atoms with Crippen molar-refractivity contribution in [3.8, 4) is 0 Å². The molecule has 0 aromatic heterocycles. The summed E-state index contributed by atoms with van der Waals surface area (Å²) in [6.45, 7) is -0.313. The minimum atomic E-state index is -2.52. The molecular formula is C8H9F2NO. The Kier molecular flexibility index (Phi) is 2.60. The summed E-state index contributed by atoms with van der Waals surface area (Å²) in [5.74, 6) is 0. The van der Waals surface area contributed by atoms with Crippen LogP contribution < -0.4 is 5.73 Å². The number of anilines is 1. The van der Waals surface area contributed by atoms with Crippen LogP contribution >= 0.6 is 0 Å². The highest BCUT2D eigenvalue weighted by molar-refractivity contribution is 5.48. The van der Waals surface area contributed by atoms with Gasteiger partial charge in [-0.15, -0.1) is 0 Å². The van der Waals surface area contributed by atoms with E-state index in [-0.39, 0.29) is 12.2 Å². The Balaban J connectivity index is 3.05. The van der Waals surface area contributed by atoms with Gasteiger partial charge >= 0.3 is 0 Å². The largest absolute Gasteiger partial charge is 0.398 e. The quantitative estimate of drug-likeness (QED) is 0.668. The molecule has 0 bridgehead atoms. The first kappa shape index (κ1) is 8.93. The molecule has 0 spiro atoms. The lowest BCUT2D eigenvalue weighted by atomic mass is 10.1. The molecule has 3 N–H and O–H groups in total. The molecule has 0 fully saturated rings. The summed E-state index contributed by atoms with van der Waals surface area (Å²) in [5, 5.41) is 8.70. The van der Waals surface area contributed by atoms with Gasteiger partial charge in [0.1, 0.15) is 0 Å². The van der Waals surface area contributed by atoms with E-state index in [1.54, 1.807) is 0 Å². The molecule has 0 aliphatic heterocycles. The minimum Gasteiger partial charge on any atom is -0.398 e. The van der Waals surface area contributed by atoms with Crippen LogP contribution in [0.15, 0.2) is 18.2 Å². The zero-order chi connectivity index (χ0) is 9.14. The van der Waals surface area contributed by atoms with E-state index < -0.39 is 6.43 Å². The molecule has 0 radical (unpaired) electrons. The van der Waals surface area contributed by atoms with Gasteiger partial charge in [-0.1, -0.05) is 6.07 Å². The van der Waals surface area contributed by atoms with Gasteiger partial charge in [0.2, 0.25) is 0 Å². The van der Waals surface area contributed by atoms with E-state index in [1.165, 1.54) is 18.2 Å². The lowest BCUT2D eigenvalue weighted by Gasteiger charge is -2.04. The number of hydrogen-bond donors (Lipinski definition) is 2. The number of aliphatic hydroxyl groups is 1. The second-order valence-electron chi connectivity index (χ2n) is 2.42. The van der Waals surface area contributed by atoms with Crippen LogP contribution in [-0.4, -0.2) is 5.11 Å². The normalized spacial score (nSPS) is 10.7. The average Bonchev–Trinajstić information content (AvgIpc) is 2.05. The smallest absolute Gasteiger partial charge is 0.263 e. The van der Waals surface area contributed by atoms with Crippen molar-refractivity contribution in [1.82, 2.24) is 0 Å². The van der Waals surface area contributed by atoms with Crippen molar-refractivity contribution in [2.24, 2.45) is 0 Å². The van der Waals surface area contributed by atoms with Crippen LogP contribution in [0.1, 0.15) is 17.6 Å². The second-order valence-corrected chi connectivity index (χ2v) is 2.42. The monoisotopic (exact) mass is 173 g/mol. The van der Waals surface area contributed by atoms with Crippen molar-refractivity contribution in [1.29, 1.82) is 0 Å². The Labute approximate surface area is 68.6 Å². The summed E-state index contributed by atoms with van der Waals surface area (Å²) in [5.41, 5.74) is 5.95. The number of halogens is 2. The molecule has 0 heterocycles. The summed E-state index contributed by atoms with van der Waals surface area (Å²) < 4.78 is 24.2. The predicted octanol–water partition coefficient (Wildman–Crippen LogP) is 1.70. The highest BCUT2D eigenvalue weighted by Crippen LogP contribution is 2.22. The summed E-state index contributed by atoms with van der Waals surface area (Å²) in [6.07, 6.45) is -2.52. The number of nitrogen functional groups attached to an aromatic ring is 1. The standard InChI is InChI=1S/C8H9F2NO/c9-8(10)5-1-2-7(11)6(3-5)4-12/h1-3,8,12H,4,11H2. The Morgan fingerprint density at radius 3 is 2.58 bits per heavy atom. The molecule has 1 rings (SSSR count). The first-order valence-electron chi connectivity index (χ1n) is 3.42. The molecule has 0 saturated heterocycles. The summed E-state index contributed by atoms with van der Waals surface area (Å²) in [7, 11) is 0. The highest BCUT2D eigenvalue weighted by Gasteiger charge is 2.08. The Morgan fingerprint density at radius 1 is 1.42 bits per heavy atom. The van der Waals surface area contributed by atoms with Crippen LogP contribution in [0.4, 0.5) is 14.5 Å². The van der Waals surface area contributed by atoms with Crippen LogP contribution in [0.2, 0.25) is 0 Å². The molecular weight excluding hydrogens is 164 g/mol. The van der Waals surface area contributed by atoms with Crippen LogP contribution in [0.25, 0.3) is 0 Å².